The Morgan fingerprint density at radius 2 is 2.14 bits per heavy atom. The number of nitrogens with zero attached hydrogens (tertiary/aromatic N) is 1. The summed E-state index contributed by atoms with van der Waals surface area (Å²) in [5.41, 5.74) is 0.410. The number of piperazine rings is 1. The maximum absolute atomic E-state index is 13.3. The molecular formula is C15H19FN2O3. The summed E-state index contributed by atoms with van der Waals surface area (Å²) in [4.78, 5) is 25.7. The van der Waals surface area contributed by atoms with Crippen LogP contribution in [0.2, 0.25) is 0 Å². The fourth-order valence-electron chi connectivity index (χ4n) is 2.42. The standard InChI is InChI=1S/C15H19FN2O3/c1-9(2)6-11-15(20)18(8-14(19)17-11)12-5-4-10(16)7-13(12)21-3/h4-5,7,9,11H,6,8H2,1-3H3,(H,17,19). The van der Waals surface area contributed by atoms with Crippen molar-refractivity contribution < 1.29 is 18.7 Å². The maximum atomic E-state index is 13.3. The van der Waals surface area contributed by atoms with Crippen molar-refractivity contribution in [3.05, 3.63) is 24.0 Å². The summed E-state index contributed by atoms with van der Waals surface area (Å²) in [7, 11) is 1.40. The average Bonchev–Trinajstić information content (AvgIpc) is 2.42. The Morgan fingerprint density at radius 3 is 2.76 bits per heavy atom. The number of benzene rings is 1. The highest BCUT2D eigenvalue weighted by molar-refractivity contribution is 6.07. The van der Waals surface area contributed by atoms with E-state index in [9.17, 15) is 14.0 Å². The van der Waals surface area contributed by atoms with Crippen molar-refractivity contribution >= 4 is 17.5 Å². The molecule has 1 unspecified atom stereocenters. The second kappa shape index (κ2) is 6.11. The van der Waals surface area contributed by atoms with Gasteiger partial charge in [-0.25, -0.2) is 4.39 Å². The van der Waals surface area contributed by atoms with E-state index in [0.29, 0.717) is 12.1 Å². The summed E-state index contributed by atoms with van der Waals surface area (Å²) >= 11 is 0. The van der Waals surface area contributed by atoms with E-state index in [2.05, 4.69) is 5.32 Å². The summed E-state index contributed by atoms with van der Waals surface area (Å²) in [6, 6.07) is 3.35. The van der Waals surface area contributed by atoms with Crippen LogP contribution in [0.3, 0.4) is 0 Å². The van der Waals surface area contributed by atoms with E-state index >= 15 is 0 Å². The van der Waals surface area contributed by atoms with Crippen molar-refractivity contribution in [3.8, 4) is 5.75 Å². The zero-order chi connectivity index (χ0) is 15.6. The first-order valence-corrected chi connectivity index (χ1v) is 6.86. The van der Waals surface area contributed by atoms with Gasteiger partial charge in [-0.2, -0.15) is 0 Å². The van der Waals surface area contributed by atoms with Crippen LogP contribution in [0.1, 0.15) is 20.3 Å². The predicted molar refractivity (Wildman–Crippen MR) is 76.7 cm³/mol. The van der Waals surface area contributed by atoms with Gasteiger partial charge in [-0.1, -0.05) is 13.8 Å². The fraction of sp³-hybridized carbons (Fsp3) is 0.467. The summed E-state index contributed by atoms with van der Waals surface area (Å²) in [6.45, 7) is 3.88. The lowest BCUT2D eigenvalue weighted by atomic mass is 10.0. The van der Waals surface area contributed by atoms with Gasteiger partial charge in [-0.05, 0) is 24.5 Å². The Bertz CT molecular complexity index is 560. The van der Waals surface area contributed by atoms with Crippen LogP contribution < -0.4 is 15.0 Å². The smallest absolute Gasteiger partial charge is 0.250 e. The van der Waals surface area contributed by atoms with Crippen molar-refractivity contribution in [2.24, 2.45) is 5.92 Å². The van der Waals surface area contributed by atoms with E-state index in [1.165, 1.54) is 30.2 Å². The van der Waals surface area contributed by atoms with Crippen molar-refractivity contribution in [2.45, 2.75) is 26.3 Å². The molecule has 2 amide bonds. The zero-order valence-corrected chi connectivity index (χ0v) is 12.4. The summed E-state index contributed by atoms with van der Waals surface area (Å²) < 4.78 is 18.4. The Balaban J connectivity index is 2.33. The number of ether oxygens (including phenoxy) is 1. The molecular weight excluding hydrogens is 275 g/mol. The monoisotopic (exact) mass is 294 g/mol. The van der Waals surface area contributed by atoms with Gasteiger partial charge in [0.2, 0.25) is 11.8 Å². The molecule has 1 N–H and O–H groups in total. The minimum absolute atomic E-state index is 0.0879. The van der Waals surface area contributed by atoms with Gasteiger partial charge in [0.05, 0.1) is 12.8 Å². The molecule has 1 atom stereocenters. The van der Waals surface area contributed by atoms with Gasteiger partial charge in [0.25, 0.3) is 0 Å². The van der Waals surface area contributed by atoms with Gasteiger partial charge in [-0.15, -0.1) is 0 Å². The van der Waals surface area contributed by atoms with E-state index in [4.69, 9.17) is 4.74 Å². The topological polar surface area (TPSA) is 58.6 Å². The number of methoxy groups -OCH3 is 1. The summed E-state index contributed by atoms with van der Waals surface area (Å²) in [5.74, 6) is -0.376. The minimum Gasteiger partial charge on any atom is -0.494 e. The zero-order valence-electron chi connectivity index (χ0n) is 12.4. The molecule has 1 fully saturated rings. The molecule has 1 heterocycles. The van der Waals surface area contributed by atoms with Gasteiger partial charge in [0, 0.05) is 6.07 Å². The normalized spacial score (nSPS) is 18.9. The first-order chi connectivity index (χ1) is 9.92. The number of carbonyl (C=O) groups is 2. The van der Waals surface area contributed by atoms with Gasteiger partial charge in [0.15, 0.2) is 0 Å². The quantitative estimate of drug-likeness (QED) is 0.919. The molecule has 0 bridgehead atoms. The van der Waals surface area contributed by atoms with Crippen LogP contribution in [0.4, 0.5) is 10.1 Å². The molecule has 1 aromatic rings. The predicted octanol–water partition coefficient (Wildman–Crippen LogP) is 1.71. The van der Waals surface area contributed by atoms with Crippen molar-refractivity contribution in [1.29, 1.82) is 0 Å². The third-order valence-electron chi connectivity index (χ3n) is 3.34. The molecule has 0 radical (unpaired) electrons. The second-order valence-corrected chi connectivity index (χ2v) is 5.49. The highest BCUT2D eigenvalue weighted by Gasteiger charge is 2.35. The number of halogens is 1. The molecule has 1 aromatic carbocycles. The SMILES string of the molecule is COc1cc(F)ccc1N1CC(=O)NC(CC(C)C)C1=O. The number of carbonyl (C=O) groups excluding carboxylic acids is 2. The lowest BCUT2D eigenvalue weighted by Crippen LogP contribution is -2.58. The first-order valence-electron chi connectivity index (χ1n) is 6.86. The molecule has 114 valence electrons. The number of rotatable bonds is 4. The number of hydrogen-bond acceptors (Lipinski definition) is 3. The molecule has 1 aliphatic heterocycles. The summed E-state index contributed by atoms with van der Waals surface area (Å²) in [6.07, 6.45) is 0.560. The van der Waals surface area contributed by atoms with Crippen molar-refractivity contribution in [2.75, 3.05) is 18.6 Å². The number of anilines is 1. The van der Waals surface area contributed by atoms with Crippen LogP contribution >= 0.6 is 0 Å². The van der Waals surface area contributed by atoms with Crippen LogP contribution in [-0.2, 0) is 9.59 Å². The van der Waals surface area contributed by atoms with Crippen molar-refractivity contribution in [1.82, 2.24) is 5.32 Å². The van der Waals surface area contributed by atoms with E-state index < -0.39 is 11.9 Å². The Kier molecular flexibility index (Phi) is 4.45. The van der Waals surface area contributed by atoms with Crippen LogP contribution in [0.5, 0.6) is 5.75 Å². The lowest BCUT2D eigenvalue weighted by Gasteiger charge is -2.33. The van der Waals surface area contributed by atoms with Gasteiger partial charge in [-0.3, -0.25) is 14.5 Å². The largest absolute Gasteiger partial charge is 0.494 e. The molecule has 21 heavy (non-hydrogen) atoms. The molecule has 0 saturated carbocycles. The molecule has 5 nitrogen and oxygen atoms in total. The third kappa shape index (κ3) is 3.32. The summed E-state index contributed by atoms with van der Waals surface area (Å²) in [5, 5.41) is 2.70. The minimum atomic E-state index is -0.555. The Labute approximate surface area is 123 Å². The molecule has 2 rings (SSSR count). The Hall–Kier alpha value is -2.11. The second-order valence-electron chi connectivity index (χ2n) is 5.49. The van der Waals surface area contributed by atoms with E-state index in [0.717, 1.165) is 0 Å². The van der Waals surface area contributed by atoms with Gasteiger partial charge in [0.1, 0.15) is 24.2 Å². The Morgan fingerprint density at radius 1 is 1.43 bits per heavy atom. The molecule has 6 heteroatoms. The fourth-order valence-corrected chi connectivity index (χ4v) is 2.42. The third-order valence-corrected chi connectivity index (χ3v) is 3.34. The highest BCUT2D eigenvalue weighted by Crippen LogP contribution is 2.30. The molecule has 1 saturated heterocycles. The average molecular weight is 294 g/mol. The van der Waals surface area contributed by atoms with Crippen LogP contribution in [-0.4, -0.2) is 31.5 Å². The van der Waals surface area contributed by atoms with E-state index in [-0.39, 0.29) is 30.0 Å². The van der Waals surface area contributed by atoms with E-state index in [1.807, 2.05) is 13.8 Å². The lowest BCUT2D eigenvalue weighted by molar-refractivity contribution is -0.131. The molecule has 0 aromatic heterocycles. The van der Waals surface area contributed by atoms with Crippen molar-refractivity contribution in [3.63, 3.8) is 0 Å². The van der Waals surface area contributed by atoms with Gasteiger partial charge >= 0.3 is 0 Å². The molecule has 1 aliphatic rings. The maximum Gasteiger partial charge on any atom is 0.250 e. The van der Waals surface area contributed by atoms with Crippen LogP contribution in [0.15, 0.2) is 18.2 Å². The highest BCUT2D eigenvalue weighted by atomic mass is 19.1. The molecule has 0 aliphatic carbocycles. The van der Waals surface area contributed by atoms with Gasteiger partial charge < -0.3 is 10.1 Å². The van der Waals surface area contributed by atoms with Crippen LogP contribution in [0.25, 0.3) is 0 Å². The number of nitrogens with one attached hydrogen (secondary N) is 1. The molecule has 0 spiro atoms. The van der Waals surface area contributed by atoms with E-state index in [1.54, 1.807) is 0 Å². The number of amides is 2. The number of hydrogen-bond donors (Lipinski definition) is 1. The van der Waals surface area contributed by atoms with Crippen LogP contribution in [0, 0.1) is 11.7 Å². The first kappa shape index (κ1) is 15.3.